The Morgan fingerprint density at radius 3 is 2.48 bits per heavy atom. The molecule has 0 amide bonds. The second-order valence-corrected chi connectivity index (χ2v) is 9.53. The number of rotatable bonds is 9. The number of aromatic amines is 1. The van der Waals surface area contributed by atoms with Crippen LogP contribution in [0.5, 0.6) is 17.2 Å². The number of phenolic OH excluding ortho intramolecular Hbond substituents is 2. The fourth-order valence-corrected chi connectivity index (χ4v) is 4.17. The van der Waals surface area contributed by atoms with E-state index >= 15 is 0 Å². The molecule has 0 saturated heterocycles. The van der Waals surface area contributed by atoms with Gasteiger partial charge in [0.1, 0.15) is 23.9 Å². The third-order valence-corrected chi connectivity index (χ3v) is 5.73. The number of anilines is 1. The zero-order chi connectivity index (χ0) is 23.6. The first-order valence-corrected chi connectivity index (χ1v) is 12.2. The lowest BCUT2D eigenvalue weighted by Crippen LogP contribution is -2.26. The van der Waals surface area contributed by atoms with Crippen LogP contribution < -0.4 is 14.8 Å². The van der Waals surface area contributed by atoms with Gasteiger partial charge in [-0.2, -0.15) is 0 Å². The van der Waals surface area contributed by atoms with E-state index in [4.69, 9.17) is 4.74 Å². The van der Waals surface area contributed by atoms with Gasteiger partial charge in [0.15, 0.2) is 0 Å². The zero-order valence-electron chi connectivity index (χ0n) is 17.9. The monoisotopic (exact) mass is 471 g/mol. The van der Waals surface area contributed by atoms with Crippen molar-refractivity contribution < 1.29 is 28.5 Å². The molecule has 10 heteroatoms. The Balaban J connectivity index is 1.30. The molecular formula is C23H25N3O6S. The summed E-state index contributed by atoms with van der Waals surface area (Å²) in [7, 11) is -3.55. The number of aliphatic hydroxyl groups is 1. The molecule has 0 bridgehead atoms. The van der Waals surface area contributed by atoms with Crippen molar-refractivity contribution in [2.45, 2.75) is 6.10 Å². The highest BCUT2D eigenvalue weighted by molar-refractivity contribution is 7.92. The number of aliphatic hydroxyl groups excluding tert-OH is 1. The average Bonchev–Trinajstić information content (AvgIpc) is 3.10. The summed E-state index contributed by atoms with van der Waals surface area (Å²) in [6, 6.07) is 15.2. The molecule has 6 N–H and O–H groups in total. The number of aromatic nitrogens is 1. The predicted molar refractivity (Wildman–Crippen MR) is 127 cm³/mol. The van der Waals surface area contributed by atoms with E-state index in [-0.39, 0.29) is 23.7 Å². The summed E-state index contributed by atoms with van der Waals surface area (Å²) in [6.45, 7) is 1.06. The number of benzene rings is 3. The molecular weight excluding hydrogens is 446 g/mol. The number of H-pyrrole nitrogens is 1. The Morgan fingerprint density at radius 2 is 1.73 bits per heavy atom. The number of phenols is 2. The van der Waals surface area contributed by atoms with Crippen molar-refractivity contribution in [1.29, 1.82) is 0 Å². The van der Waals surface area contributed by atoms with E-state index < -0.39 is 16.1 Å². The fourth-order valence-electron chi connectivity index (χ4n) is 3.61. The lowest BCUT2D eigenvalue weighted by molar-refractivity contribution is 0.172. The van der Waals surface area contributed by atoms with Crippen LogP contribution in [0.25, 0.3) is 21.8 Å². The second kappa shape index (κ2) is 9.18. The topological polar surface area (TPSA) is 144 Å². The van der Waals surface area contributed by atoms with E-state index in [1.54, 1.807) is 12.1 Å². The van der Waals surface area contributed by atoms with Crippen LogP contribution >= 0.6 is 0 Å². The van der Waals surface area contributed by atoms with Crippen molar-refractivity contribution in [1.82, 2.24) is 10.3 Å². The third kappa shape index (κ3) is 5.48. The minimum absolute atomic E-state index is 0.0139. The van der Waals surface area contributed by atoms with Gasteiger partial charge in [-0.3, -0.25) is 4.72 Å². The molecule has 174 valence electrons. The van der Waals surface area contributed by atoms with Gasteiger partial charge in [0.2, 0.25) is 10.0 Å². The van der Waals surface area contributed by atoms with Gasteiger partial charge in [-0.05, 0) is 42.0 Å². The lowest BCUT2D eigenvalue weighted by Gasteiger charge is -2.15. The molecule has 0 spiro atoms. The van der Waals surface area contributed by atoms with Gasteiger partial charge < -0.3 is 30.4 Å². The number of nitrogens with one attached hydrogen (secondary N) is 3. The first-order valence-electron chi connectivity index (χ1n) is 10.3. The average molecular weight is 472 g/mol. The Labute approximate surface area is 190 Å². The van der Waals surface area contributed by atoms with Gasteiger partial charge in [-0.15, -0.1) is 0 Å². The van der Waals surface area contributed by atoms with E-state index in [0.29, 0.717) is 24.5 Å². The highest BCUT2D eigenvalue weighted by Crippen LogP contribution is 2.30. The molecule has 3 aromatic carbocycles. The first kappa shape index (κ1) is 22.7. The number of ether oxygens (including phenoxy) is 1. The maximum atomic E-state index is 11.4. The molecule has 1 heterocycles. The summed E-state index contributed by atoms with van der Waals surface area (Å²) in [5.41, 5.74) is 2.23. The van der Waals surface area contributed by atoms with Gasteiger partial charge in [0.25, 0.3) is 0 Å². The lowest BCUT2D eigenvalue weighted by atomic mass is 10.1. The van der Waals surface area contributed by atoms with E-state index in [9.17, 15) is 23.7 Å². The van der Waals surface area contributed by atoms with Crippen LogP contribution in [0, 0.1) is 0 Å². The Kier molecular flexibility index (Phi) is 6.32. The summed E-state index contributed by atoms with van der Waals surface area (Å²) in [6.07, 6.45) is 0.0857. The number of hydrogen-bond donors (Lipinski definition) is 6. The van der Waals surface area contributed by atoms with Crippen LogP contribution in [-0.2, 0) is 10.0 Å². The normalized spacial score (nSPS) is 12.8. The number of hydrogen-bond acceptors (Lipinski definition) is 7. The molecule has 0 aliphatic carbocycles. The minimum atomic E-state index is -3.55. The smallest absolute Gasteiger partial charge is 0.229 e. The number of fused-ring (bicyclic) bond motifs is 3. The van der Waals surface area contributed by atoms with Gasteiger partial charge in [0, 0.05) is 36.0 Å². The Hall–Kier alpha value is -3.47. The van der Waals surface area contributed by atoms with Crippen LogP contribution in [0.3, 0.4) is 0 Å². The van der Waals surface area contributed by atoms with E-state index in [0.717, 1.165) is 28.1 Å². The highest BCUT2D eigenvalue weighted by Gasteiger charge is 2.13. The van der Waals surface area contributed by atoms with Crippen molar-refractivity contribution in [2.75, 3.05) is 30.7 Å². The number of aromatic hydroxyl groups is 2. The van der Waals surface area contributed by atoms with Gasteiger partial charge >= 0.3 is 0 Å². The summed E-state index contributed by atoms with van der Waals surface area (Å²) in [4.78, 5) is 3.27. The summed E-state index contributed by atoms with van der Waals surface area (Å²) in [5, 5.41) is 35.0. The second-order valence-electron chi connectivity index (χ2n) is 7.78. The molecule has 0 unspecified atom stereocenters. The zero-order valence-corrected chi connectivity index (χ0v) is 18.7. The van der Waals surface area contributed by atoms with Crippen molar-refractivity contribution in [2.24, 2.45) is 0 Å². The van der Waals surface area contributed by atoms with Gasteiger partial charge in [-0.25, -0.2) is 8.42 Å². The summed E-state index contributed by atoms with van der Waals surface area (Å²) in [5.74, 6) is 0.672. The minimum Gasteiger partial charge on any atom is -0.508 e. The van der Waals surface area contributed by atoms with Crippen LogP contribution in [0.4, 0.5) is 5.69 Å². The SMILES string of the molecule is CS(=O)(=O)Nc1cc([C@H](O)CNCCOc2ccc3c(c2)[nH]c2cc(O)ccc23)ccc1O. The first-order chi connectivity index (χ1) is 15.7. The van der Waals surface area contributed by atoms with Crippen LogP contribution in [-0.4, -0.2) is 54.7 Å². The molecule has 4 rings (SSSR count). The molecule has 0 fully saturated rings. The maximum Gasteiger partial charge on any atom is 0.229 e. The van der Waals surface area contributed by atoms with E-state index in [2.05, 4.69) is 15.0 Å². The molecule has 0 aliphatic rings. The van der Waals surface area contributed by atoms with Gasteiger partial charge in [0.05, 0.1) is 29.1 Å². The molecule has 1 aromatic heterocycles. The molecule has 33 heavy (non-hydrogen) atoms. The van der Waals surface area contributed by atoms with Crippen molar-refractivity contribution in [3.63, 3.8) is 0 Å². The van der Waals surface area contributed by atoms with Crippen LogP contribution in [0.15, 0.2) is 54.6 Å². The molecule has 0 aliphatic heterocycles. The Bertz CT molecular complexity index is 1400. The van der Waals surface area contributed by atoms with E-state index in [1.165, 1.54) is 18.2 Å². The number of sulfonamides is 1. The molecule has 4 aromatic rings. The fraction of sp³-hybridized carbons (Fsp3) is 0.217. The molecule has 1 atom stereocenters. The van der Waals surface area contributed by atoms with Crippen molar-refractivity contribution in [3.05, 3.63) is 60.2 Å². The van der Waals surface area contributed by atoms with Crippen LogP contribution in [0.1, 0.15) is 11.7 Å². The quantitative estimate of drug-likeness (QED) is 0.163. The van der Waals surface area contributed by atoms with Crippen LogP contribution in [0.2, 0.25) is 0 Å². The van der Waals surface area contributed by atoms with Crippen molar-refractivity contribution in [3.8, 4) is 17.2 Å². The summed E-state index contributed by atoms with van der Waals surface area (Å²) >= 11 is 0. The Morgan fingerprint density at radius 1 is 1.00 bits per heavy atom. The van der Waals surface area contributed by atoms with Gasteiger partial charge in [-0.1, -0.05) is 6.07 Å². The molecule has 0 saturated carbocycles. The third-order valence-electron chi connectivity index (χ3n) is 5.14. The largest absolute Gasteiger partial charge is 0.508 e. The summed E-state index contributed by atoms with van der Waals surface area (Å²) < 4.78 is 30.8. The maximum absolute atomic E-state index is 11.4. The molecule has 9 nitrogen and oxygen atoms in total. The highest BCUT2D eigenvalue weighted by atomic mass is 32.2. The van der Waals surface area contributed by atoms with Crippen molar-refractivity contribution >= 4 is 37.5 Å². The predicted octanol–water partition coefficient (Wildman–Crippen LogP) is 2.81. The standard InChI is InChI=1S/C23H25N3O6S/c1-33(30,31)26-21-10-14(2-7-22(21)28)23(29)13-24-8-9-32-16-4-6-18-17-5-3-15(27)11-19(17)25-20(18)12-16/h2-7,10-12,23-29H,8-9,13H2,1H3/t23-/m1/s1. The van der Waals surface area contributed by atoms with E-state index in [1.807, 2.05) is 24.3 Å². The molecule has 0 radical (unpaired) electrons.